The molecule has 0 aromatic carbocycles. The molecule has 0 spiro atoms. The Morgan fingerprint density at radius 3 is 2.59 bits per heavy atom. The van der Waals surface area contributed by atoms with Crippen molar-refractivity contribution in [2.24, 2.45) is 7.05 Å². The van der Waals surface area contributed by atoms with Gasteiger partial charge in [-0.1, -0.05) is 11.6 Å². The van der Waals surface area contributed by atoms with Crippen LogP contribution in [0.4, 0.5) is 13.2 Å². The van der Waals surface area contributed by atoms with Crippen molar-refractivity contribution in [3.8, 4) is 0 Å². The van der Waals surface area contributed by atoms with Crippen molar-refractivity contribution < 1.29 is 18.0 Å². The lowest BCUT2D eigenvalue weighted by atomic mass is 10.3. The third-order valence-electron chi connectivity index (χ3n) is 2.93. The first-order valence-electron chi connectivity index (χ1n) is 6.33. The van der Waals surface area contributed by atoms with Crippen LogP contribution in [-0.2, 0) is 26.3 Å². The Labute approximate surface area is 128 Å². The van der Waals surface area contributed by atoms with E-state index in [2.05, 4.69) is 15.5 Å². The predicted molar refractivity (Wildman–Crippen MR) is 72.3 cm³/mol. The summed E-state index contributed by atoms with van der Waals surface area (Å²) in [5.41, 5.74) is -0.879. The second-order valence-electron chi connectivity index (χ2n) is 4.50. The van der Waals surface area contributed by atoms with Gasteiger partial charge in [-0.3, -0.25) is 14.2 Å². The molecule has 0 aliphatic rings. The van der Waals surface area contributed by atoms with Crippen LogP contribution in [0.2, 0.25) is 5.02 Å². The molecule has 0 unspecified atom stereocenters. The van der Waals surface area contributed by atoms with Crippen LogP contribution in [0.15, 0.2) is 12.3 Å². The quantitative estimate of drug-likeness (QED) is 0.932. The summed E-state index contributed by atoms with van der Waals surface area (Å²) in [6.45, 7) is 2.49. The highest BCUT2D eigenvalue weighted by atomic mass is 35.5. The van der Waals surface area contributed by atoms with E-state index in [1.165, 1.54) is 0 Å². The van der Waals surface area contributed by atoms with Crippen molar-refractivity contribution in [2.75, 3.05) is 0 Å². The van der Waals surface area contributed by atoms with Gasteiger partial charge in [-0.05, 0) is 6.92 Å². The minimum absolute atomic E-state index is 0.00257. The Balaban J connectivity index is 2.08. The third kappa shape index (κ3) is 3.41. The lowest BCUT2D eigenvalue weighted by Gasteiger charge is -2.04. The van der Waals surface area contributed by atoms with E-state index in [-0.39, 0.29) is 12.2 Å². The fourth-order valence-corrected chi connectivity index (χ4v) is 2.03. The lowest BCUT2D eigenvalue weighted by Crippen LogP contribution is -2.23. The molecule has 0 bridgehead atoms. The summed E-state index contributed by atoms with van der Waals surface area (Å²) in [5.74, 6) is -0.729. The first kappa shape index (κ1) is 16.3. The molecule has 1 amide bonds. The smallest absolute Gasteiger partial charge is 0.345 e. The van der Waals surface area contributed by atoms with E-state index in [1.54, 1.807) is 10.9 Å². The molecule has 2 aromatic heterocycles. The van der Waals surface area contributed by atoms with Crippen LogP contribution in [0.25, 0.3) is 0 Å². The number of carbonyl (C=O) groups excluding carboxylic acids is 1. The van der Waals surface area contributed by atoms with E-state index in [9.17, 15) is 18.0 Å². The molecule has 0 fully saturated rings. The van der Waals surface area contributed by atoms with Gasteiger partial charge in [0.05, 0.1) is 11.6 Å². The summed E-state index contributed by atoms with van der Waals surface area (Å²) in [6, 6.07) is 0.696. The zero-order valence-electron chi connectivity index (χ0n) is 11.8. The van der Waals surface area contributed by atoms with Crippen molar-refractivity contribution in [1.82, 2.24) is 24.9 Å². The van der Waals surface area contributed by atoms with Gasteiger partial charge >= 0.3 is 6.18 Å². The zero-order valence-corrected chi connectivity index (χ0v) is 12.5. The van der Waals surface area contributed by atoms with Crippen molar-refractivity contribution in [2.45, 2.75) is 26.2 Å². The van der Waals surface area contributed by atoms with E-state index in [4.69, 9.17) is 11.6 Å². The molecular weight excluding hydrogens is 323 g/mol. The fourth-order valence-electron chi connectivity index (χ4n) is 1.82. The van der Waals surface area contributed by atoms with E-state index in [0.717, 1.165) is 7.05 Å². The average Bonchev–Trinajstić information content (AvgIpc) is 2.99. The summed E-state index contributed by atoms with van der Waals surface area (Å²) in [4.78, 5) is 11.9. The van der Waals surface area contributed by atoms with Gasteiger partial charge in [-0.15, -0.1) is 0 Å². The van der Waals surface area contributed by atoms with Crippen molar-refractivity contribution in [1.29, 1.82) is 0 Å². The summed E-state index contributed by atoms with van der Waals surface area (Å²) in [5, 5.41) is 10.5. The molecule has 0 atom stereocenters. The van der Waals surface area contributed by atoms with Crippen LogP contribution in [-0.4, -0.2) is 25.5 Å². The maximum atomic E-state index is 12.6. The number of amides is 1. The lowest BCUT2D eigenvalue weighted by molar-refractivity contribution is -0.143. The first-order valence-corrected chi connectivity index (χ1v) is 6.71. The molecule has 0 aliphatic heterocycles. The maximum absolute atomic E-state index is 12.6. The minimum Gasteiger partial charge on any atom is -0.345 e. The second-order valence-corrected chi connectivity index (χ2v) is 4.91. The van der Waals surface area contributed by atoms with Crippen molar-refractivity contribution >= 4 is 17.5 Å². The van der Waals surface area contributed by atoms with Crippen LogP contribution in [0.3, 0.4) is 0 Å². The SMILES string of the molecule is CCn1cc(Cl)c(CNC(=O)c2cc(C(F)(F)F)n(C)n2)n1. The number of nitrogens with zero attached hydrogens (tertiary/aromatic N) is 4. The molecule has 2 heterocycles. The van der Waals surface area contributed by atoms with E-state index < -0.39 is 17.8 Å². The van der Waals surface area contributed by atoms with Crippen LogP contribution in [0.1, 0.15) is 28.8 Å². The van der Waals surface area contributed by atoms with Crippen LogP contribution in [0.5, 0.6) is 0 Å². The van der Waals surface area contributed by atoms with Gasteiger partial charge in [0.2, 0.25) is 0 Å². The van der Waals surface area contributed by atoms with E-state index in [0.29, 0.717) is 28.0 Å². The number of hydrogen-bond acceptors (Lipinski definition) is 3. The number of hydrogen-bond donors (Lipinski definition) is 1. The zero-order chi connectivity index (χ0) is 16.5. The van der Waals surface area contributed by atoms with Crippen LogP contribution >= 0.6 is 11.6 Å². The molecular formula is C12H13ClF3N5O. The molecule has 0 radical (unpaired) electrons. The number of aromatic nitrogens is 4. The van der Waals surface area contributed by atoms with Gasteiger partial charge in [0.1, 0.15) is 11.4 Å². The molecule has 10 heteroatoms. The minimum atomic E-state index is -4.57. The summed E-state index contributed by atoms with van der Waals surface area (Å²) >= 11 is 5.94. The highest BCUT2D eigenvalue weighted by Gasteiger charge is 2.35. The van der Waals surface area contributed by atoms with Gasteiger partial charge in [0.15, 0.2) is 5.69 Å². The topological polar surface area (TPSA) is 64.7 Å². The predicted octanol–water partition coefficient (Wildman–Crippen LogP) is 2.24. The number of rotatable bonds is 4. The number of aryl methyl sites for hydroxylation is 2. The number of halogens is 4. The van der Waals surface area contributed by atoms with Crippen molar-refractivity contribution in [3.63, 3.8) is 0 Å². The highest BCUT2D eigenvalue weighted by Crippen LogP contribution is 2.29. The molecule has 2 aromatic rings. The van der Waals surface area contributed by atoms with Crippen LogP contribution in [0, 0.1) is 0 Å². The summed E-state index contributed by atoms with van der Waals surface area (Å²) in [7, 11) is 1.12. The second kappa shape index (κ2) is 5.99. The normalized spacial score (nSPS) is 11.7. The Morgan fingerprint density at radius 2 is 2.09 bits per heavy atom. The van der Waals surface area contributed by atoms with Crippen LogP contribution < -0.4 is 5.32 Å². The third-order valence-corrected chi connectivity index (χ3v) is 3.25. The summed E-state index contributed by atoms with van der Waals surface area (Å²) in [6.07, 6.45) is -2.96. The number of alkyl halides is 3. The Morgan fingerprint density at radius 1 is 1.41 bits per heavy atom. The van der Waals surface area contributed by atoms with E-state index >= 15 is 0 Å². The van der Waals surface area contributed by atoms with Gasteiger partial charge in [-0.2, -0.15) is 23.4 Å². The molecule has 0 aliphatic carbocycles. The first-order chi connectivity index (χ1) is 10.2. The standard InChI is InChI=1S/C12H13ClF3N5O/c1-3-21-6-7(13)9(19-21)5-17-11(22)8-4-10(12(14,15)16)20(2)18-8/h4,6H,3,5H2,1-2H3,(H,17,22). The highest BCUT2D eigenvalue weighted by molar-refractivity contribution is 6.31. The van der Waals surface area contributed by atoms with Gasteiger partial charge < -0.3 is 5.32 Å². The Hall–Kier alpha value is -2.03. The molecule has 0 saturated carbocycles. The number of carbonyl (C=O) groups is 1. The Bertz CT molecular complexity index is 691. The van der Waals surface area contributed by atoms with E-state index in [1.807, 2.05) is 6.92 Å². The molecule has 1 N–H and O–H groups in total. The number of nitrogens with one attached hydrogen (secondary N) is 1. The molecule has 120 valence electrons. The van der Waals surface area contributed by atoms with Crippen molar-refractivity contribution in [3.05, 3.63) is 34.4 Å². The Kier molecular flexibility index (Phi) is 4.45. The average molecular weight is 336 g/mol. The molecule has 22 heavy (non-hydrogen) atoms. The molecule has 0 saturated heterocycles. The monoisotopic (exact) mass is 335 g/mol. The van der Waals surface area contributed by atoms with Gasteiger partial charge in [-0.25, -0.2) is 0 Å². The maximum Gasteiger partial charge on any atom is 0.433 e. The largest absolute Gasteiger partial charge is 0.433 e. The van der Waals surface area contributed by atoms with Gasteiger partial charge in [0, 0.05) is 25.9 Å². The molecule has 6 nitrogen and oxygen atoms in total. The summed E-state index contributed by atoms with van der Waals surface area (Å²) < 4.78 is 40.2. The fraction of sp³-hybridized carbons (Fsp3) is 0.417. The molecule has 2 rings (SSSR count). The van der Waals surface area contributed by atoms with Gasteiger partial charge in [0.25, 0.3) is 5.91 Å².